The fourth-order valence-electron chi connectivity index (χ4n) is 1.29. The largest absolute Gasteiger partial charge is 0.478 e. The molecular formula is C9H12N2O3. The van der Waals surface area contributed by atoms with Gasteiger partial charge in [0.25, 0.3) is 0 Å². The third-order valence-corrected chi connectivity index (χ3v) is 1.84. The maximum Gasteiger partial charge on any atom is 0.339 e. The summed E-state index contributed by atoms with van der Waals surface area (Å²) in [5.41, 5.74) is 0.158. The predicted molar refractivity (Wildman–Crippen MR) is 49.5 cm³/mol. The van der Waals surface area contributed by atoms with E-state index in [-0.39, 0.29) is 17.0 Å². The van der Waals surface area contributed by atoms with Gasteiger partial charge < -0.3 is 5.11 Å². The van der Waals surface area contributed by atoms with E-state index in [1.165, 1.54) is 17.8 Å². The van der Waals surface area contributed by atoms with Crippen molar-refractivity contribution in [1.82, 2.24) is 9.78 Å². The first-order chi connectivity index (χ1) is 6.57. The van der Waals surface area contributed by atoms with Crippen LogP contribution in [0.25, 0.3) is 0 Å². The summed E-state index contributed by atoms with van der Waals surface area (Å²) in [6.07, 6.45) is 2.02. The van der Waals surface area contributed by atoms with Crippen LogP contribution in [0.3, 0.4) is 0 Å². The fraction of sp³-hybridized carbons (Fsp3) is 0.444. The van der Waals surface area contributed by atoms with Crippen molar-refractivity contribution in [2.24, 2.45) is 0 Å². The molecule has 76 valence electrons. The van der Waals surface area contributed by atoms with Gasteiger partial charge in [0.15, 0.2) is 5.78 Å². The minimum atomic E-state index is -1.11. The zero-order valence-corrected chi connectivity index (χ0v) is 8.15. The van der Waals surface area contributed by atoms with E-state index in [4.69, 9.17) is 5.11 Å². The number of nitrogens with zero attached hydrogens (tertiary/aromatic N) is 2. The Morgan fingerprint density at radius 3 is 2.64 bits per heavy atom. The summed E-state index contributed by atoms with van der Waals surface area (Å²) >= 11 is 0. The zero-order chi connectivity index (χ0) is 10.7. The number of hydrogen-bond acceptors (Lipinski definition) is 3. The molecule has 0 unspecified atom stereocenters. The molecule has 0 spiro atoms. The molecule has 5 nitrogen and oxygen atoms in total. The number of aromatic nitrogens is 2. The molecule has 0 aliphatic heterocycles. The Hall–Kier alpha value is -1.65. The molecule has 0 fully saturated rings. The molecule has 0 bridgehead atoms. The van der Waals surface area contributed by atoms with Gasteiger partial charge in [-0.3, -0.25) is 9.48 Å². The van der Waals surface area contributed by atoms with E-state index in [9.17, 15) is 9.59 Å². The molecule has 1 N–H and O–H groups in total. The van der Waals surface area contributed by atoms with Gasteiger partial charge in [0.05, 0.1) is 6.20 Å². The van der Waals surface area contributed by atoms with Gasteiger partial charge in [0.1, 0.15) is 11.3 Å². The van der Waals surface area contributed by atoms with Crippen LogP contribution in [0.1, 0.15) is 41.1 Å². The lowest BCUT2D eigenvalue weighted by atomic mass is 10.2. The summed E-state index contributed by atoms with van der Waals surface area (Å²) < 4.78 is 1.44. The number of aryl methyl sites for hydroxylation is 1. The number of carboxylic acid groups (broad SMARTS) is 1. The lowest BCUT2D eigenvalue weighted by Gasteiger charge is -2.02. The number of Topliss-reactive ketones (excluding diaryl/α,β-unsaturated/α-hetero) is 1. The second kappa shape index (κ2) is 4.04. The van der Waals surface area contributed by atoms with E-state index in [1.807, 2.05) is 6.92 Å². The first kappa shape index (κ1) is 10.4. The Kier molecular flexibility index (Phi) is 3.01. The molecule has 1 aromatic heterocycles. The van der Waals surface area contributed by atoms with E-state index < -0.39 is 5.97 Å². The van der Waals surface area contributed by atoms with Crippen LogP contribution in [-0.4, -0.2) is 26.6 Å². The van der Waals surface area contributed by atoms with E-state index >= 15 is 0 Å². The molecule has 0 amide bonds. The fourth-order valence-corrected chi connectivity index (χ4v) is 1.29. The van der Waals surface area contributed by atoms with Crippen molar-refractivity contribution < 1.29 is 14.7 Å². The van der Waals surface area contributed by atoms with Crippen LogP contribution in [-0.2, 0) is 6.54 Å². The standard InChI is InChI=1S/C9H12N2O3/c1-3-4-11-8(6(2)12)7(5-10-11)9(13)14/h5H,3-4H2,1-2H3,(H,13,14). The average Bonchev–Trinajstić information content (AvgIpc) is 2.48. The molecular weight excluding hydrogens is 184 g/mol. The molecule has 0 saturated carbocycles. The SMILES string of the molecule is CCCn1ncc(C(=O)O)c1C(C)=O. The van der Waals surface area contributed by atoms with Gasteiger partial charge in [-0.2, -0.15) is 5.10 Å². The zero-order valence-electron chi connectivity index (χ0n) is 8.15. The molecule has 14 heavy (non-hydrogen) atoms. The second-order valence-electron chi connectivity index (χ2n) is 2.99. The highest BCUT2D eigenvalue weighted by Crippen LogP contribution is 2.10. The van der Waals surface area contributed by atoms with Gasteiger partial charge >= 0.3 is 5.97 Å². The van der Waals surface area contributed by atoms with Gasteiger partial charge in [0.2, 0.25) is 0 Å². The third kappa shape index (κ3) is 1.81. The first-order valence-corrected chi connectivity index (χ1v) is 4.38. The molecule has 0 aliphatic rings. The number of ketones is 1. The number of rotatable bonds is 4. The van der Waals surface area contributed by atoms with Crippen molar-refractivity contribution in [3.8, 4) is 0 Å². The molecule has 1 rings (SSSR count). The maximum atomic E-state index is 11.2. The van der Waals surface area contributed by atoms with Crippen LogP contribution in [0, 0.1) is 0 Å². The van der Waals surface area contributed by atoms with Crippen LogP contribution in [0.5, 0.6) is 0 Å². The van der Waals surface area contributed by atoms with Gasteiger partial charge in [0, 0.05) is 13.5 Å². The second-order valence-corrected chi connectivity index (χ2v) is 2.99. The number of carbonyl (C=O) groups is 2. The van der Waals surface area contributed by atoms with Crippen molar-refractivity contribution >= 4 is 11.8 Å². The molecule has 0 saturated heterocycles. The Morgan fingerprint density at radius 1 is 1.57 bits per heavy atom. The molecule has 1 heterocycles. The van der Waals surface area contributed by atoms with Crippen molar-refractivity contribution in [3.63, 3.8) is 0 Å². The summed E-state index contributed by atoms with van der Waals surface area (Å²) in [6, 6.07) is 0. The monoisotopic (exact) mass is 196 g/mol. The van der Waals surface area contributed by atoms with Gasteiger partial charge in [-0.05, 0) is 6.42 Å². The summed E-state index contributed by atoms with van der Waals surface area (Å²) in [6.45, 7) is 3.84. The predicted octanol–water partition coefficient (Wildman–Crippen LogP) is 1.19. The van der Waals surface area contributed by atoms with Crippen LogP contribution < -0.4 is 0 Å². The smallest absolute Gasteiger partial charge is 0.339 e. The maximum absolute atomic E-state index is 11.2. The Balaban J connectivity index is 3.20. The van der Waals surface area contributed by atoms with Crippen LogP contribution in [0.4, 0.5) is 0 Å². The Labute approximate surface area is 81.3 Å². The summed E-state index contributed by atoms with van der Waals surface area (Å²) in [4.78, 5) is 21.9. The number of aromatic carboxylic acids is 1. The molecule has 0 atom stereocenters. The number of hydrogen-bond donors (Lipinski definition) is 1. The average molecular weight is 196 g/mol. The van der Waals surface area contributed by atoms with Crippen molar-refractivity contribution in [3.05, 3.63) is 17.5 Å². The van der Waals surface area contributed by atoms with Crippen LogP contribution in [0.15, 0.2) is 6.20 Å². The highest BCUT2D eigenvalue weighted by atomic mass is 16.4. The minimum absolute atomic E-state index is 0.0223. The van der Waals surface area contributed by atoms with Gasteiger partial charge in [-0.15, -0.1) is 0 Å². The van der Waals surface area contributed by atoms with E-state index in [0.717, 1.165) is 6.42 Å². The highest BCUT2D eigenvalue weighted by Gasteiger charge is 2.19. The summed E-state index contributed by atoms with van der Waals surface area (Å²) in [5, 5.41) is 12.7. The van der Waals surface area contributed by atoms with E-state index in [2.05, 4.69) is 5.10 Å². The normalized spacial score (nSPS) is 10.1. The lowest BCUT2D eigenvalue weighted by Crippen LogP contribution is -2.11. The van der Waals surface area contributed by atoms with E-state index in [0.29, 0.717) is 6.54 Å². The molecule has 0 aliphatic carbocycles. The topological polar surface area (TPSA) is 72.2 Å². The first-order valence-electron chi connectivity index (χ1n) is 4.38. The molecule has 0 radical (unpaired) electrons. The van der Waals surface area contributed by atoms with Crippen molar-refractivity contribution in [1.29, 1.82) is 0 Å². The lowest BCUT2D eigenvalue weighted by molar-refractivity contribution is 0.0692. The summed E-state index contributed by atoms with van der Waals surface area (Å²) in [5.74, 6) is -1.38. The highest BCUT2D eigenvalue weighted by molar-refractivity contribution is 6.03. The third-order valence-electron chi connectivity index (χ3n) is 1.84. The van der Waals surface area contributed by atoms with Crippen LogP contribution in [0.2, 0.25) is 0 Å². The van der Waals surface area contributed by atoms with Gasteiger partial charge in [-0.25, -0.2) is 4.79 Å². The molecule has 0 aromatic carbocycles. The Morgan fingerprint density at radius 2 is 2.21 bits per heavy atom. The van der Waals surface area contributed by atoms with Crippen LogP contribution >= 0.6 is 0 Å². The quantitative estimate of drug-likeness (QED) is 0.734. The summed E-state index contributed by atoms with van der Waals surface area (Å²) in [7, 11) is 0. The number of carbonyl (C=O) groups excluding carboxylic acids is 1. The van der Waals surface area contributed by atoms with Gasteiger partial charge in [-0.1, -0.05) is 6.92 Å². The van der Waals surface area contributed by atoms with E-state index in [1.54, 1.807) is 0 Å². The van der Waals surface area contributed by atoms with Crippen molar-refractivity contribution in [2.45, 2.75) is 26.8 Å². The van der Waals surface area contributed by atoms with Crippen molar-refractivity contribution in [2.75, 3.05) is 0 Å². The number of carboxylic acids is 1. The molecule has 5 heteroatoms. The Bertz CT molecular complexity index is 368. The molecule has 1 aromatic rings. The minimum Gasteiger partial charge on any atom is -0.478 e.